The average molecular weight is 396 g/mol. The van der Waals surface area contributed by atoms with Gasteiger partial charge in [0.25, 0.3) is 0 Å². The molecule has 2 N–H and O–H groups in total. The third-order valence-corrected chi connectivity index (χ3v) is 3.24. The topological polar surface area (TPSA) is 85.2 Å². The van der Waals surface area contributed by atoms with Gasteiger partial charge in [-0.1, -0.05) is 0 Å². The summed E-state index contributed by atoms with van der Waals surface area (Å²) in [5.74, 6) is -0.587. The van der Waals surface area contributed by atoms with Gasteiger partial charge in [0, 0.05) is 7.11 Å². The van der Waals surface area contributed by atoms with E-state index in [2.05, 4.69) is 0 Å². The Hall–Kier alpha value is -0.900. The van der Waals surface area contributed by atoms with Crippen molar-refractivity contribution in [1.29, 1.82) is 0 Å². The Balaban J connectivity index is 2.44. The normalized spacial score (nSPS) is 12.2. The molecule has 20 heavy (non-hydrogen) atoms. The Kier molecular flexibility index (Phi) is 7.82. The van der Waals surface area contributed by atoms with E-state index in [1.807, 2.05) is 22.6 Å². The largest absolute Gasteiger partial charge is 0.490 e. The highest BCUT2D eigenvalue weighted by Crippen LogP contribution is 2.22. The summed E-state index contributed by atoms with van der Waals surface area (Å²) in [6.45, 7) is 1.04. The van der Waals surface area contributed by atoms with Gasteiger partial charge in [0.2, 0.25) is 0 Å². The SMILES string of the molecule is COCCOCC(O)COc1cc(C(=O)O)ccc1I. The molecule has 6 nitrogen and oxygen atoms in total. The molecular weight excluding hydrogens is 379 g/mol. The van der Waals surface area contributed by atoms with Crippen molar-refractivity contribution in [2.45, 2.75) is 6.10 Å². The fourth-order valence-corrected chi connectivity index (χ4v) is 1.83. The molecule has 0 amide bonds. The Bertz CT molecular complexity index is 437. The number of carboxylic acids is 1. The molecule has 112 valence electrons. The summed E-state index contributed by atoms with van der Waals surface area (Å²) in [7, 11) is 1.57. The molecule has 1 rings (SSSR count). The standard InChI is InChI=1S/C13H17IO6/c1-18-4-5-19-7-10(15)8-20-12-6-9(13(16)17)2-3-11(12)14/h2-3,6,10,15H,4-5,7-8H2,1H3,(H,16,17). The minimum Gasteiger partial charge on any atom is -0.490 e. The van der Waals surface area contributed by atoms with E-state index in [0.717, 1.165) is 3.57 Å². The van der Waals surface area contributed by atoms with E-state index in [0.29, 0.717) is 19.0 Å². The number of aliphatic hydroxyl groups excluding tert-OH is 1. The van der Waals surface area contributed by atoms with Crippen LogP contribution in [-0.4, -0.2) is 55.8 Å². The Labute approximate surface area is 130 Å². The van der Waals surface area contributed by atoms with Crippen LogP contribution in [0, 0.1) is 3.57 Å². The number of rotatable bonds is 9. The molecule has 0 saturated carbocycles. The van der Waals surface area contributed by atoms with Gasteiger partial charge in [-0.25, -0.2) is 4.79 Å². The molecular formula is C13H17IO6. The van der Waals surface area contributed by atoms with Gasteiger partial charge < -0.3 is 24.4 Å². The zero-order valence-electron chi connectivity index (χ0n) is 11.0. The van der Waals surface area contributed by atoms with Gasteiger partial charge in [-0.2, -0.15) is 0 Å². The number of ether oxygens (including phenoxy) is 3. The molecule has 0 heterocycles. The van der Waals surface area contributed by atoms with Gasteiger partial charge in [-0.15, -0.1) is 0 Å². The summed E-state index contributed by atoms with van der Waals surface area (Å²) < 4.78 is 16.2. The van der Waals surface area contributed by atoms with Crippen LogP contribution >= 0.6 is 22.6 Å². The number of hydrogen-bond donors (Lipinski definition) is 2. The first-order valence-electron chi connectivity index (χ1n) is 5.95. The first-order valence-corrected chi connectivity index (χ1v) is 7.03. The summed E-state index contributed by atoms with van der Waals surface area (Å²) in [6, 6.07) is 4.59. The molecule has 1 unspecified atom stereocenters. The van der Waals surface area contributed by atoms with E-state index in [-0.39, 0.29) is 18.8 Å². The summed E-state index contributed by atoms with van der Waals surface area (Å²) in [5.41, 5.74) is 0.145. The lowest BCUT2D eigenvalue weighted by atomic mass is 10.2. The van der Waals surface area contributed by atoms with Crippen molar-refractivity contribution in [2.75, 3.05) is 33.5 Å². The van der Waals surface area contributed by atoms with E-state index in [1.54, 1.807) is 13.2 Å². The minimum absolute atomic E-state index is 0.0338. The predicted octanol–water partition coefficient (Wildman–Crippen LogP) is 1.39. The number of aliphatic hydroxyl groups is 1. The van der Waals surface area contributed by atoms with Crippen molar-refractivity contribution >= 4 is 28.6 Å². The van der Waals surface area contributed by atoms with Crippen molar-refractivity contribution in [1.82, 2.24) is 0 Å². The van der Waals surface area contributed by atoms with Crippen molar-refractivity contribution in [3.05, 3.63) is 27.3 Å². The van der Waals surface area contributed by atoms with Crippen LogP contribution < -0.4 is 4.74 Å². The van der Waals surface area contributed by atoms with Gasteiger partial charge >= 0.3 is 5.97 Å². The Morgan fingerprint density at radius 3 is 2.75 bits per heavy atom. The average Bonchev–Trinajstić information content (AvgIpc) is 2.42. The first kappa shape index (κ1) is 17.2. The summed E-state index contributed by atoms with van der Waals surface area (Å²) >= 11 is 2.04. The van der Waals surface area contributed by atoms with E-state index in [4.69, 9.17) is 19.3 Å². The molecule has 0 radical (unpaired) electrons. The smallest absolute Gasteiger partial charge is 0.335 e. The van der Waals surface area contributed by atoms with Gasteiger partial charge in [0.15, 0.2) is 0 Å². The van der Waals surface area contributed by atoms with E-state index in [9.17, 15) is 9.90 Å². The number of carbonyl (C=O) groups is 1. The molecule has 1 atom stereocenters. The van der Waals surface area contributed by atoms with Crippen LogP contribution in [0.15, 0.2) is 18.2 Å². The maximum absolute atomic E-state index is 10.9. The summed E-state index contributed by atoms with van der Waals surface area (Å²) in [4.78, 5) is 10.9. The molecule has 0 aliphatic heterocycles. The Morgan fingerprint density at radius 2 is 2.10 bits per heavy atom. The fraction of sp³-hybridized carbons (Fsp3) is 0.462. The van der Waals surface area contributed by atoms with Crippen molar-refractivity contribution < 1.29 is 29.2 Å². The van der Waals surface area contributed by atoms with E-state index >= 15 is 0 Å². The third-order valence-electron chi connectivity index (χ3n) is 2.35. The number of aromatic carboxylic acids is 1. The van der Waals surface area contributed by atoms with Crippen LogP contribution in [0.4, 0.5) is 0 Å². The molecule has 1 aromatic rings. The monoisotopic (exact) mass is 396 g/mol. The molecule has 0 aromatic heterocycles. The van der Waals surface area contributed by atoms with Gasteiger partial charge in [-0.05, 0) is 40.8 Å². The number of halogens is 1. The number of methoxy groups -OCH3 is 1. The van der Waals surface area contributed by atoms with Crippen molar-refractivity contribution in [2.24, 2.45) is 0 Å². The zero-order valence-corrected chi connectivity index (χ0v) is 13.2. The number of benzene rings is 1. The van der Waals surface area contributed by atoms with Crippen LogP contribution in [0.3, 0.4) is 0 Å². The second-order valence-corrected chi connectivity index (χ2v) is 5.15. The van der Waals surface area contributed by atoms with Crippen LogP contribution in [0.5, 0.6) is 5.75 Å². The lowest BCUT2D eigenvalue weighted by molar-refractivity contribution is -0.00432. The van der Waals surface area contributed by atoms with Crippen molar-refractivity contribution in [3.63, 3.8) is 0 Å². The highest BCUT2D eigenvalue weighted by molar-refractivity contribution is 14.1. The number of carboxylic acid groups (broad SMARTS) is 1. The second kappa shape index (κ2) is 9.11. The summed E-state index contributed by atoms with van der Waals surface area (Å²) in [6.07, 6.45) is -0.781. The van der Waals surface area contributed by atoms with Crippen LogP contribution in [0.25, 0.3) is 0 Å². The van der Waals surface area contributed by atoms with E-state index < -0.39 is 12.1 Å². The second-order valence-electron chi connectivity index (χ2n) is 3.98. The molecule has 0 aliphatic carbocycles. The quantitative estimate of drug-likeness (QED) is 0.485. The highest BCUT2D eigenvalue weighted by Gasteiger charge is 2.10. The first-order chi connectivity index (χ1) is 9.54. The van der Waals surface area contributed by atoms with Crippen LogP contribution in [0.1, 0.15) is 10.4 Å². The summed E-state index contributed by atoms with van der Waals surface area (Å²) in [5, 5.41) is 18.6. The van der Waals surface area contributed by atoms with Gasteiger partial charge in [0.1, 0.15) is 18.5 Å². The predicted molar refractivity (Wildman–Crippen MR) is 80.3 cm³/mol. The lowest BCUT2D eigenvalue weighted by Crippen LogP contribution is -2.24. The molecule has 0 bridgehead atoms. The van der Waals surface area contributed by atoms with Crippen molar-refractivity contribution in [3.8, 4) is 5.75 Å². The lowest BCUT2D eigenvalue weighted by Gasteiger charge is -2.14. The molecule has 7 heteroatoms. The van der Waals surface area contributed by atoms with Crippen LogP contribution in [0.2, 0.25) is 0 Å². The molecule has 0 aliphatic rings. The molecule has 1 aromatic carbocycles. The maximum Gasteiger partial charge on any atom is 0.335 e. The molecule has 0 spiro atoms. The zero-order chi connectivity index (χ0) is 15.0. The molecule has 0 saturated heterocycles. The minimum atomic E-state index is -1.02. The third kappa shape index (κ3) is 6.04. The van der Waals surface area contributed by atoms with Gasteiger partial charge in [0.05, 0.1) is 29.0 Å². The highest BCUT2D eigenvalue weighted by atomic mass is 127. The number of hydrogen-bond acceptors (Lipinski definition) is 5. The Morgan fingerprint density at radius 1 is 1.35 bits per heavy atom. The molecule has 0 fully saturated rings. The maximum atomic E-state index is 10.9. The van der Waals surface area contributed by atoms with Crippen LogP contribution in [-0.2, 0) is 9.47 Å². The van der Waals surface area contributed by atoms with Gasteiger partial charge in [-0.3, -0.25) is 0 Å². The fourth-order valence-electron chi connectivity index (χ4n) is 1.34. The van der Waals surface area contributed by atoms with E-state index in [1.165, 1.54) is 12.1 Å².